The first-order valence-electron chi connectivity index (χ1n) is 10.8. The molecule has 0 unspecified atom stereocenters. The van der Waals surface area contributed by atoms with Crippen molar-refractivity contribution >= 4 is 29.4 Å². The van der Waals surface area contributed by atoms with E-state index >= 15 is 0 Å². The molecule has 0 fully saturated rings. The van der Waals surface area contributed by atoms with Gasteiger partial charge in [0, 0.05) is 6.42 Å². The lowest BCUT2D eigenvalue weighted by Gasteiger charge is -2.24. The highest BCUT2D eigenvalue weighted by atomic mass is 19.4. The minimum absolute atomic E-state index is 0.0797. The number of para-hydroxylation sites is 1. The maximum atomic E-state index is 13.2. The lowest BCUT2D eigenvalue weighted by Crippen LogP contribution is -2.47. The average Bonchev–Trinajstić information content (AvgIpc) is 3.11. The van der Waals surface area contributed by atoms with Gasteiger partial charge in [-0.1, -0.05) is 54.6 Å². The molecule has 36 heavy (non-hydrogen) atoms. The van der Waals surface area contributed by atoms with Gasteiger partial charge in [0.1, 0.15) is 6.04 Å². The van der Waals surface area contributed by atoms with Gasteiger partial charge in [0.2, 0.25) is 0 Å². The maximum Gasteiger partial charge on any atom is 0.418 e. The molecule has 184 valence electrons. The molecule has 1 atom stereocenters. The number of carbonyl (C=O) groups is 4. The Labute approximate surface area is 203 Å². The van der Waals surface area contributed by atoms with Crippen LogP contribution in [0.15, 0.2) is 78.9 Å². The lowest BCUT2D eigenvalue weighted by atomic mass is 10.0. The van der Waals surface area contributed by atoms with Crippen molar-refractivity contribution in [3.63, 3.8) is 0 Å². The van der Waals surface area contributed by atoms with Gasteiger partial charge in [0.25, 0.3) is 17.7 Å². The Morgan fingerprint density at radius 1 is 0.833 bits per heavy atom. The predicted molar refractivity (Wildman–Crippen MR) is 122 cm³/mol. The molecule has 0 aromatic heterocycles. The van der Waals surface area contributed by atoms with Crippen LogP contribution in [-0.4, -0.2) is 41.2 Å². The second kappa shape index (κ2) is 10.0. The van der Waals surface area contributed by atoms with Gasteiger partial charge in [-0.15, -0.1) is 0 Å². The molecule has 3 amide bonds. The highest BCUT2D eigenvalue weighted by molar-refractivity contribution is 6.22. The van der Waals surface area contributed by atoms with Gasteiger partial charge in [0.05, 0.1) is 22.4 Å². The second-order valence-electron chi connectivity index (χ2n) is 7.93. The molecule has 3 aromatic carbocycles. The summed E-state index contributed by atoms with van der Waals surface area (Å²) < 4.78 is 44.6. The number of anilines is 1. The summed E-state index contributed by atoms with van der Waals surface area (Å²) in [4.78, 5) is 52.1. The van der Waals surface area contributed by atoms with E-state index in [9.17, 15) is 32.3 Å². The summed E-state index contributed by atoms with van der Waals surface area (Å²) >= 11 is 0. The van der Waals surface area contributed by atoms with Crippen molar-refractivity contribution in [1.29, 1.82) is 0 Å². The molecule has 1 N–H and O–H groups in total. The third-order valence-electron chi connectivity index (χ3n) is 5.53. The number of imide groups is 1. The van der Waals surface area contributed by atoms with E-state index in [1.807, 2.05) is 0 Å². The number of alkyl halides is 3. The number of hydrogen-bond donors (Lipinski definition) is 1. The molecule has 1 aliphatic rings. The van der Waals surface area contributed by atoms with Gasteiger partial charge >= 0.3 is 12.1 Å². The highest BCUT2D eigenvalue weighted by Gasteiger charge is 2.43. The molecule has 10 heteroatoms. The second-order valence-corrected chi connectivity index (χ2v) is 7.93. The van der Waals surface area contributed by atoms with E-state index < -0.39 is 53.8 Å². The molecule has 0 radical (unpaired) electrons. The Bertz CT molecular complexity index is 1290. The highest BCUT2D eigenvalue weighted by Crippen LogP contribution is 2.34. The van der Waals surface area contributed by atoms with Crippen LogP contribution in [-0.2, 0) is 26.9 Å². The van der Waals surface area contributed by atoms with Gasteiger partial charge in [0.15, 0.2) is 6.61 Å². The van der Waals surface area contributed by atoms with Crippen LogP contribution in [0.2, 0.25) is 0 Å². The molecular weight excluding hydrogens is 477 g/mol. The van der Waals surface area contributed by atoms with Crippen molar-refractivity contribution in [3.05, 3.63) is 101 Å². The molecular formula is C26H19F3N2O5. The van der Waals surface area contributed by atoms with Gasteiger partial charge in [-0.25, -0.2) is 4.79 Å². The number of benzene rings is 3. The molecule has 0 bridgehead atoms. The average molecular weight is 496 g/mol. The Balaban J connectivity index is 1.51. The van der Waals surface area contributed by atoms with Crippen molar-refractivity contribution in [1.82, 2.24) is 4.90 Å². The van der Waals surface area contributed by atoms with Crippen LogP contribution in [0.3, 0.4) is 0 Å². The number of carbonyl (C=O) groups excluding carboxylic acids is 4. The molecule has 1 aliphatic heterocycles. The van der Waals surface area contributed by atoms with Gasteiger partial charge in [-0.05, 0) is 29.8 Å². The zero-order valence-electron chi connectivity index (χ0n) is 18.6. The largest absolute Gasteiger partial charge is 0.454 e. The summed E-state index contributed by atoms with van der Waals surface area (Å²) in [5.41, 5.74) is -0.658. The SMILES string of the molecule is O=C(COC(=O)[C@@H](Cc1ccccc1)N1C(=O)c2ccccc2C1=O)Nc1ccccc1C(F)(F)F. The van der Waals surface area contributed by atoms with E-state index in [1.54, 1.807) is 42.5 Å². The number of esters is 1. The zero-order valence-corrected chi connectivity index (χ0v) is 18.6. The van der Waals surface area contributed by atoms with Crippen LogP contribution in [0.1, 0.15) is 31.8 Å². The Hall–Kier alpha value is -4.47. The van der Waals surface area contributed by atoms with E-state index in [-0.39, 0.29) is 17.5 Å². The van der Waals surface area contributed by atoms with Crippen LogP contribution in [0.5, 0.6) is 0 Å². The Morgan fingerprint density at radius 2 is 1.39 bits per heavy atom. The topological polar surface area (TPSA) is 92.8 Å². The Morgan fingerprint density at radius 3 is 2.00 bits per heavy atom. The van der Waals surface area contributed by atoms with Crippen LogP contribution >= 0.6 is 0 Å². The number of rotatable bonds is 7. The molecule has 4 rings (SSSR count). The predicted octanol–water partition coefficient (Wildman–Crippen LogP) is 4.09. The number of halogens is 3. The number of nitrogens with zero attached hydrogens (tertiary/aromatic N) is 1. The summed E-state index contributed by atoms with van der Waals surface area (Å²) in [6.45, 7) is -0.917. The van der Waals surface area contributed by atoms with Gasteiger partial charge in [-0.3, -0.25) is 19.3 Å². The van der Waals surface area contributed by atoms with E-state index in [2.05, 4.69) is 5.32 Å². The first kappa shape index (κ1) is 24.6. The third kappa shape index (κ3) is 5.12. The number of fused-ring (bicyclic) bond motifs is 1. The van der Waals surface area contributed by atoms with Crippen LogP contribution < -0.4 is 5.32 Å². The molecule has 0 spiro atoms. The number of ether oxygens (including phenoxy) is 1. The van der Waals surface area contributed by atoms with E-state index in [4.69, 9.17) is 4.74 Å². The van der Waals surface area contributed by atoms with Gasteiger partial charge < -0.3 is 10.1 Å². The fourth-order valence-electron chi connectivity index (χ4n) is 3.87. The number of hydrogen-bond acceptors (Lipinski definition) is 5. The van der Waals surface area contributed by atoms with Gasteiger partial charge in [-0.2, -0.15) is 13.2 Å². The normalized spacial score (nSPS) is 13.8. The third-order valence-corrected chi connectivity index (χ3v) is 5.53. The fraction of sp³-hybridized carbons (Fsp3) is 0.154. The first-order chi connectivity index (χ1) is 17.2. The van der Waals surface area contributed by atoms with E-state index in [0.717, 1.165) is 17.0 Å². The first-order valence-corrected chi connectivity index (χ1v) is 10.8. The standard InChI is InChI=1S/C26H19F3N2O5/c27-26(28,29)19-12-6-7-13-20(19)30-22(32)15-36-25(35)21(14-16-8-2-1-3-9-16)31-23(33)17-10-4-5-11-18(17)24(31)34/h1-13,21H,14-15H2,(H,30,32)/t21-/m1/s1. The molecule has 0 saturated heterocycles. The van der Waals surface area contributed by atoms with Crippen molar-refractivity contribution in [2.45, 2.75) is 18.6 Å². The number of amides is 3. The molecule has 1 heterocycles. The molecule has 0 aliphatic carbocycles. The van der Waals surface area contributed by atoms with Crippen LogP contribution in [0.4, 0.5) is 18.9 Å². The van der Waals surface area contributed by atoms with E-state index in [1.165, 1.54) is 24.3 Å². The summed E-state index contributed by atoms with van der Waals surface area (Å²) in [5, 5.41) is 2.08. The van der Waals surface area contributed by atoms with Crippen LogP contribution in [0, 0.1) is 0 Å². The summed E-state index contributed by atoms with van der Waals surface area (Å²) in [7, 11) is 0. The number of nitrogens with one attached hydrogen (secondary N) is 1. The summed E-state index contributed by atoms with van der Waals surface area (Å²) in [6.07, 6.45) is -4.78. The quantitative estimate of drug-likeness (QED) is 0.393. The monoisotopic (exact) mass is 496 g/mol. The minimum atomic E-state index is -4.70. The molecule has 0 saturated carbocycles. The zero-order chi connectivity index (χ0) is 25.9. The van der Waals surface area contributed by atoms with Crippen molar-refractivity contribution < 1.29 is 37.1 Å². The summed E-state index contributed by atoms with van der Waals surface area (Å²) in [6, 6.07) is 17.6. The lowest BCUT2D eigenvalue weighted by molar-refractivity contribution is -0.151. The fourth-order valence-corrected chi connectivity index (χ4v) is 3.87. The maximum absolute atomic E-state index is 13.2. The van der Waals surface area contributed by atoms with Crippen LogP contribution in [0.25, 0.3) is 0 Å². The smallest absolute Gasteiger partial charge is 0.418 e. The summed E-state index contributed by atoms with van der Waals surface area (Å²) in [5.74, 6) is -3.43. The minimum Gasteiger partial charge on any atom is -0.454 e. The van der Waals surface area contributed by atoms with Crippen molar-refractivity contribution in [3.8, 4) is 0 Å². The van der Waals surface area contributed by atoms with E-state index in [0.29, 0.717) is 5.56 Å². The van der Waals surface area contributed by atoms with Crippen molar-refractivity contribution in [2.24, 2.45) is 0 Å². The Kier molecular flexibility index (Phi) is 6.86. The molecule has 3 aromatic rings. The molecule has 7 nitrogen and oxygen atoms in total. The van der Waals surface area contributed by atoms with Crippen molar-refractivity contribution in [2.75, 3.05) is 11.9 Å².